The molecule has 0 radical (unpaired) electrons. The molecule has 2 rings (SSSR count). The molecule has 1 amide bonds. The topological polar surface area (TPSA) is 92.2 Å². The Kier molecular flexibility index (Phi) is 4.87. The molecule has 0 aliphatic heterocycles. The van der Waals surface area contributed by atoms with Gasteiger partial charge in [0.25, 0.3) is 5.91 Å². The highest BCUT2D eigenvalue weighted by Gasteiger charge is 2.26. The maximum absolute atomic E-state index is 12.3. The van der Waals surface area contributed by atoms with Crippen LogP contribution in [0.5, 0.6) is 0 Å². The van der Waals surface area contributed by atoms with E-state index in [-0.39, 0.29) is 5.92 Å². The van der Waals surface area contributed by atoms with Crippen LogP contribution >= 0.6 is 11.3 Å². The Labute approximate surface area is 132 Å². The molecule has 0 fully saturated rings. The number of carboxylic acids is 1. The molecule has 6 nitrogen and oxygen atoms in total. The van der Waals surface area contributed by atoms with Gasteiger partial charge in [-0.25, -0.2) is 9.78 Å². The van der Waals surface area contributed by atoms with E-state index in [1.807, 2.05) is 12.1 Å². The van der Waals surface area contributed by atoms with E-state index in [9.17, 15) is 9.59 Å². The standard InChI is InChI=1S/C15H17N3O3S/c1-8(2)11(15(20)21)18-13(19)12-9(3)17-14(22-12)10-6-4-5-7-16-10/h4-8,11H,1-3H3,(H,18,19)(H,20,21). The first-order chi connectivity index (χ1) is 10.4. The van der Waals surface area contributed by atoms with Gasteiger partial charge in [-0.1, -0.05) is 19.9 Å². The number of aryl methyl sites for hydroxylation is 1. The fraction of sp³-hybridized carbons (Fsp3) is 0.333. The molecule has 0 saturated heterocycles. The first kappa shape index (κ1) is 16.1. The third kappa shape index (κ3) is 3.48. The largest absolute Gasteiger partial charge is 0.480 e. The molecule has 22 heavy (non-hydrogen) atoms. The molecule has 0 bridgehead atoms. The highest BCUT2D eigenvalue weighted by atomic mass is 32.1. The number of rotatable bonds is 5. The van der Waals surface area contributed by atoms with Crippen LogP contribution in [0.2, 0.25) is 0 Å². The van der Waals surface area contributed by atoms with Crippen molar-refractivity contribution in [3.63, 3.8) is 0 Å². The van der Waals surface area contributed by atoms with Crippen molar-refractivity contribution in [3.8, 4) is 10.7 Å². The van der Waals surface area contributed by atoms with Gasteiger partial charge >= 0.3 is 5.97 Å². The van der Waals surface area contributed by atoms with Crippen molar-refractivity contribution in [1.82, 2.24) is 15.3 Å². The Morgan fingerprint density at radius 2 is 2.05 bits per heavy atom. The summed E-state index contributed by atoms with van der Waals surface area (Å²) in [6.45, 7) is 5.22. The van der Waals surface area contributed by atoms with Crippen molar-refractivity contribution in [2.75, 3.05) is 0 Å². The average molecular weight is 319 g/mol. The second-order valence-corrected chi connectivity index (χ2v) is 6.18. The molecular weight excluding hydrogens is 302 g/mol. The molecule has 2 N–H and O–H groups in total. The number of nitrogens with zero attached hydrogens (tertiary/aromatic N) is 2. The van der Waals surface area contributed by atoms with Gasteiger partial charge in [0.1, 0.15) is 15.9 Å². The van der Waals surface area contributed by atoms with Gasteiger partial charge in [0.05, 0.1) is 11.4 Å². The number of aromatic nitrogens is 2. The Balaban J connectivity index is 2.24. The number of amides is 1. The number of hydrogen-bond donors (Lipinski definition) is 2. The highest BCUT2D eigenvalue weighted by molar-refractivity contribution is 7.17. The predicted molar refractivity (Wildman–Crippen MR) is 83.8 cm³/mol. The van der Waals surface area contributed by atoms with Crippen LogP contribution in [0.3, 0.4) is 0 Å². The summed E-state index contributed by atoms with van der Waals surface area (Å²) in [5.74, 6) is -1.67. The van der Waals surface area contributed by atoms with E-state index in [1.165, 1.54) is 11.3 Å². The van der Waals surface area contributed by atoms with Crippen LogP contribution in [0.1, 0.15) is 29.2 Å². The second kappa shape index (κ2) is 6.65. The van der Waals surface area contributed by atoms with Crippen molar-refractivity contribution < 1.29 is 14.7 Å². The Morgan fingerprint density at radius 1 is 1.32 bits per heavy atom. The van der Waals surface area contributed by atoms with Crippen LogP contribution in [-0.4, -0.2) is 33.0 Å². The number of carboxylic acid groups (broad SMARTS) is 1. The molecule has 0 aromatic carbocycles. The van der Waals surface area contributed by atoms with E-state index in [2.05, 4.69) is 15.3 Å². The minimum Gasteiger partial charge on any atom is -0.480 e. The van der Waals surface area contributed by atoms with Crippen molar-refractivity contribution in [3.05, 3.63) is 35.0 Å². The molecule has 2 aromatic rings. The number of aliphatic carboxylic acids is 1. The molecule has 0 spiro atoms. The number of carbonyl (C=O) groups is 2. The van der Waals surface area contributed by atoms with Crippen LogP contribution in [0.15, 0.2) is 24.4 Å². The smallest absolute Gasteiger partial charge is 0.326 e. The zero-order valence-electron chi connectivity index (χ0n) is 12.5. The van der Waals surface area contributed by atoms with Crippen LogP contribution in [0, 0.1) is 12.8 Å². The second-order valence-electron chi connectivity index (χ2n) is 5.18. The zero-order valence-corrected chi connectivity index (χ0v) is 13.3. The highest BCUT2D eigenvalue weighted by Crippen LogP contribution is 2.26. The van der Waals surface area contributed by atoms with Gasteiger partial charge in [-0.15, -0.1) is 11.3 Å². The van der Waals surface area contributed by atoms with Gasteiger partial charge in [0, 0.05) is 6.20 Å². The third-order valence-corrected chi connectivity index (χ3v) is 4.28. The molecule has 7 heteroatoms. The number of thiazole rings is 1. The zero-order chi connectivity index (χ0) is 16.3. The van der Waals surface area contributed by atoms with Gasteiger partial charge in [0.2, 0.25) is 0 Å². The molecule has 116 valence electrons. The van der Waals surface area contributed by atoms with Gasteiger partial charge in [0.15, 0.2) is 0 Å². The van der Waals surface area contributed by atoms with Crippen LogP contribution in [0.25, 0.3) is 10.7 Å². The lowest BCUT2D eigenvalue weighted by Crippen LogP contribution is -2.44. The monoisotopic (exact) mass is 319 g/mol. The third-order valence-electron chi connectivity index (χ3n) is 3.11. The Hall–Kier alpha value is -2.28. The number of carbonyl (C=O) groups excluding carboxylic acids is 1. The molecular formula is C15H17N3O3S. The van der Waals surface area contributed by atoms with E-state index in [0.29, 0.717) is 21.3 Å². The SMILES string of the molecule is Cc1nc(-c2ccccn2)sc1C(=O)NC(C(=O)O)C(C)C. The Morgan fingerprint density at radius 3 is 2.59 bits per heavy atom. The van der Waals surface area contributed by atoms with Crippen LogP contribution < -0.4 is 5.32 Å². The quantitative estimate of drug-likeness (QED) is 0.882. The predicted octanol–water partition coefficient (Wildman–Crippen LogP) is 2.35. The van der Waals surface area contributed by atoms with Crippen molar-refractivity contribution in [2.24, 2.45) is 5.92 Å². The summed E-state index contributed by atoms with van der Waals surface area (Å²) >= 11 is 1.21. The molecule has 1 unspecified atom stereocenters. The minimum absolute atomic E-state index is 0.204. The summed E-state index contributed by atoms with van der Waals surface area (Å²) in [6, 6.07) is 4.54. The molecule has 0 aliphatic rings. The fourth-order valence-electron chi connectivity index (χ4n) is 1.93. The maximum atomic E-state index is 12.3. The average Bonchev–Trinajstić information content (AvgIpc) is 2.87. The van der Waals surface area contributed by atoms with E-state index in [4.69, 9.17) is 5.11 Å². The molecule has 2 aromatic heterocycles. The molecule has 1 atom stereocenters. The maximum Gasteiger partial charge on any atom is 0.326 e. The summed E-state index contributed by atoms with van der Waals surface area (Å²) in [5, 5.41) is 12.3. The normalized spacial score (nSPS) is 12.2. The lowest BCUT2D eigenvalue weighted by Gasteiger charge is -2.17. The van der Waals surface area contributed by atoms with Crippen molar-refractivity contribution in [1.29, 1.82) is 0 Å². The first-order valence-corrected chi connectivity index (χ1v) is 7.64. The van der Waals surface area contributed by atoms with Crippen LogP contribution in [0.4, 0.5) is 0 Å². The molecule has 0 saturated carbocycles. The van der Waals surface area contributed by atoms with E-state index >= 15 is 0 Å². The Bertz CT molecular complexity index is 683. The van der Waals surface area contributed by atoms with Gasteiger partial charge in [-0.3, -0.25) is 9.78 Å². The minimum atomic E-state index is -1.05. The van der Waals surface area contributed by atoms with Gasteiger partial charge in [-0.05, 0) is 25.0 Å². The van der Waals surface area contributed by atoms with E-state index < -0.39 is 17.9 Å². The fourth-order valence-corrected chi connectivity index (χ4v) is 2.87. The summed E-state index contributed by atoms with van der Waals surface area (Å²) in [6.07, 6.45) is 1.66. The number of hydrogen-bond acceptors (Lipinski definition) is 5. The molecule has 2 heterocycles. The number of pyridine rings is 1. The van der Waals surface area contributed by atoms with Crippen LogP contribution in [-0.2, 0) is 4.79 Å². The van der Waals surface area contributed by atoms with E-state index in [0.717, 1.165) is 0 Å². The van der Waals surface area contributed by atoms with Crippen molar-refractivity contribution in [2.45, 2.75) is 26.8 Å². The van der Waals surface area contributed by atoms with Crippen molar-refractivity contribution >= 4 is 23.2 Å². The lowest BCUT2D eigenvalue weighted by atomic mass is 10.0. The summed E-state index contributed by atoms with van der Waals surface area (Å²) in [7, 11) is 0. The van der Waals surface area contributed by atoms with E-state index in [1.54, 1.807) is 33.0 Å². The first-order valence-electron chi connectivity index (χ1n) is 6.82. The van der Waals surface area contributed by atoms with Gasteiger partial charge < -0.3 is 10.4 Å². The number of nitrogens with one attached hydrogen (secondary N) is 1. The van der Waals surface area contributed by atoms with Gasteiger partial charge in [-0.2, -0.15) is 0 Å². The lowest BCUT2D eigenvalue weighted by molar-refractivity contribution is -0.140. The summed E-state index contributed by atoms with van der Waals surface area (Å²) in [4.78, 5) is 32.4. The summed E-state index contributed by atoms with van der Waals surface area (Å²) < 4.78 is 0. The summed E-state index contributed by atoms with van der Waals surface area (Å²) in [5.41, 5.74) is 1.25. The molecule has 0 aliphatic carbocycles.